The average molecular weight is 519 g/mol. The van der Waals surface area contributed by atoms with Crippen LogP contribution in [0, 0.1) is 6.67 Å². The summed E-state index contributed by atoms with van der Waals surface area (Å²) in [5.41, 5.74) is 0. The van der Waals surface area contributed by atoms with Crippen LogP contribution < -0.4 is 88.7 Å². The van der Waals surface area contributed by atoms with Crippen LogP contribution in [0.4, 0.5) is 8.78 Å². The van der Waals surface area contributed by atoms with Crippen molar-refractivity contribution in [2.24, 2.45) is 0 Å². The molecule has 0 aromatic heterocycles. The van der Waals surface area contributed by atoms with E-state index in [1.54, 1.807) is 13.8 Å². The topological polar surface area (TPSA) is 161 Å². The molecule has 0 aliphatic heterocycles. The van der Waals surface area contributed by atoms with Crippen molar-refractivity contribution in [2.45, 2.75) is 18.9 Å². The molecule has 1 atom stereocenters. The number of carbonyl (C=O) groups excluding carboxylic acids is 2. The summed E-state index contributed by atoms with van der Waals surface area (Å²) in [6.45, 7) is 3.56. The number of ether oxygens (including phenoxy) is 2. The minimum atomic E-state index is -3.11. The van der Waals surface area contributed by atoms with Crippen molar-refractivity contribution in [2.75, 3.05) is 13.2 Å². The van der Waals surface area contributed by atoms with Crippen molar-refractivity contribution < 1.29 is 142 Å². The van der Waals surface area contributed by atoms with E-state index in [4.69, 9.17) is 25.6 Å². The molecule has 0 N–H and O–H groups in total. The fourth-order valence-corrected chi connectivity index (χ4v) is 0.511. The summed E-state index contributed by atoms with van der Waals surface area (Å²) in [6, 6.07) is 0. The quantitative estimate of drug-likeness (QED) is 0.0664. The van der Waals surface area contributed by atoms with Gasteiger partial charge in [-0.2, -0.15) is 11.0 Å². The molecule has 0 aliphatic carbocycles. The third-order valence-corrected chi connectivity index (χ3v) is 1.21. The predicted molar refractivity (Wildman–Crippen MR) is 71.7 cm³/mol. The molecule has 0 fully saturated rings. The van der Waals surface area contributed by atoms with Gasteiger partial charge in [-0.25, -0.2) is 9.18 Å². The van der Waals surface area contributed by atoms with Gasteiger partial charge >= 0.3 is 105 Å². The Hall–Kier alpha value is 1.68. The van der Waals surface area contributed by atoms with Crippen LogP contribution in [0.2, 0.25) is 0 Å². The molecular weight excluding hydrogens is 507 g/mol. The van der Waals surface area contributed by atoms with E-state index in [0.29, 0.717) is 0 Å². The predicted octanol–water partition coefficient (Wildman–Crippen LogP) is -8.65. The first kappa shape index (κ1) is 46.1. The molecule has 0 radical (unpaired) electrons. The van der Waals surface area contributed by atoms with Gasteiger partial charge in [0.15, 0.2) is 5.97 Å². The van der Waals surface area contributed by atoms with Gasteiger partial charge in [0, 0.05) is 0 Å². The molecule has 0 rings (SSSR count). The maximum absolute atomic E-state index is 11.7. The molecule has 0 aliphatic rings. The van der Waals surface area contributed by atoms with Crippen LogP contribution in [0.1, 0.15) is 13.8 Å². The van der Waals surface area contributed by atoms with Crippen LogP contribution in [-0.2, 0) is 49.1 Å². The zero-order valence-corrected chi connectivity index (χ0v) is 23.8. The van der Waals surface area contributed by atoms with Crippen LogP contribution in [0.15, 0.2) is 0 Å². The van der Waals surface area contributed by atoms with E-state index in [2.05, 4.69) is 25.4 Å². The largest absolute Gasteiger partial charge is 1.00 e. The van der Waals surface area contributed by atoms with E-state index in [0.717, 1.165) is 0 Å². The molecular formula is C8H12BrF2Na3O10S2. The Bertz CT molecular complexity index is 475. The Kier molecular flexibility index (Phi) is 66.3. The molecule has 0 bridgehead atoms. The van der Waals surface area contributed by atoms with E-state index in [1.807, 2.05) is 0 Å². The van der Waals surface area contributed by atoms with E-state index in [9.17, 15) is 18.4 Å². The summed E-state index contributed by atoms with van der Waals surface area (Å²) in [6.07, 6.45) is 0. The van der Waals surface area contributed by atoms with E-state index < -0.39 is 38.6 Å². The maximum atomic E-state index is 11.7. The first-order valence-corrected chi connectivity index (χ1v) is 7.96. The monoisotopic (exact) mass is 518 g/mol. The molecule has 0 aromatic carbocycles. The van der Waals surface area contributed by atoms with Gasteiger partial charge in [0.1, 0.15) is 0 Å². The van der Waals surface area contributed by atoms with Gasteiger partial charge in [-0.05, 0) is 29.8 Å². The molecule has 1 unspecified atom stereocenters. The van der Waals surface area contributed by atoms with Crippen molar-refractivity contribution in [3.63, 3.8) is 0 Å². The first-order chi connectivity index (χ1) is 10.5. The molecule has 18 heteroatoms. The number of carbonyl (C=O) groups is 2. The number of esters is 2. The third-order valence-electron chi connectivity index (χ3n) is 0.840. The van der Waals surface area contributed by atoms with Crippen molar-refractivity contribution in [3.8, 4) is 0 Å². The first-order valence-electron chi connectivity index (χ1n) is 5.04. The summed E-state index contributed by atoms with van der Waals surface area (Å²) >= 11 is 2.40. The summed E-state index contributed by atoms with van der Waals surface area (Å²) < 4.78 is 81.7. The summed E-state index contributed by atoms with van der Waals surface area (Å²) in [5.74, 6) is -1.78. The molecule has 10 nitrogen and oxygen atoms in total. The molecule has 140 valence electrons. The minimum Gasteiger partial charge on any atom is -0.917 e. The van der Waals surface area contributed by atoms with Crippen molar-refractivity contribution in [1.29, 1.82) is 0 Å². The van der Waals surface area contributed by atoms with E-state index in [1.165, 1.54) is 0 Å². The van der Waals surface area contributed by atoms with Crippen LogP contribution in [-0.4, -0.2) is 47.4 Å². The van der Waals surface area contributed by atoms with Gasteiger partial charge in [0.05, 0.1) is 13.2 Å². The van der Waals surface area contributed by atoms with Gasteiger partial charge in [-0.3, -0.25) is 4.79 Å². The van der Waals surface area contributed by atoms with Crippen molar-refractivity contribution in [3.05, 3.63) is 6.67 Å². The molecule has 0 saturated heterocycles. The van der Waals surface area contributed by atoms with E-state index >= 15 is 0 Å². The van der Waals surface area contributed by atoms with Crippen molar-refractivity contribution >= 4 is 49.5 Å². The molecule has 0 heterocycles. The Labute approximate surface area is 227 Å². The van der Waals surface area contributed by atoms with Crippen LogP contribution in [0.25, 0.3) is 0 Å². The zero-order valence-electron chi connectivity index (χ0n) is 14.6. The minimum absolute atomic E-state index is 0. The summed E-state index contributed by atoms with van der Waals surface area (Å²) in [5, 5.41) is -1.68. The molecule has 0 saturated carbocycles. The second kappa shape index (κ2) is 37.4. The Morgan fingerprint density at radius 2 is 1.38 bits per heavy atom. The summed E-state index contributed by atoms with van der Waals surface area (Å²) in [4.78, 5) is 19.9. The van der Waals surface area contributed by atoms with Crippen LogP contribution in [0.3, 0.4) is 0 Å². The molecule has 26 heavy (non-hydrogen) atoms. The number of hydrogen-bond donors (Lipinski definition) is 0. The summed E-state index contributed by atoms with van der Waals surface area (Å²) in [7, 11) is -6.22. The fraction of sp³-hybridized carbons (Fsp3) is 0.625. The molecule has 0 spiro atoms. The average Bonchev–Trinajstić information content (AvgIpc) is 2.38. The Balaban J connectivity index is -0.0000000371. The normalized spacial score (nSPS) is 8.27. The van der Waals surface area contributed by atoms with Crippen molar-refractivity contribution in [1.82, 2.24) is 0 Å². The van der Waals surface area contributed by atoms with Gasteiger partial charge in [0.2, 0.25) is 0 Å². The Morgan fingerprint density at radius 1 is 1.12 bits per heavy atom. The second-order valence-electron chi connectivity index (χ2n) is 2.32. The third kappa shape index (κ3) is 83.6. The molecule has 0 aromatic rings. The number of alkyl halides is 2. The molecule has 0 amide bonds. The number of halogens is 3. The fourth-order valence-electron chi connectivity index (χ4n) is 0.379. The Morgan fingerprint density at radius 3 is 1.46 bits per heavy atom. The SMILES string of the molecule is CCOC(=O)C(F)Br.CCOC(=O)[CH-]F.O=S(=O)=O.O=[S-](=O)[O-].[Na+].[Na+].[Na+]. The van der Waals surface area contributed by atoms with Gasteiger partial charge in [-0.15, -0.1) is 19.3 Å². The van der Waals surface area contributed by atoms with E-state index in [-0.39, 0.29) is 109 Å². The van der Waals surface area contributed by atoms with Crippen LogP contribution in [0.5, 0.6) is 0 Å². The second-order valence-corrected chi connectivity index (χ2v) is 3.94. The van der Waals surface area contributed by atoms with Crippen LogP contribution >= 0.6 is 15.9 Å². The number of rotatable bonds is 4. The zero-order chi connectivity index (χ0) is 19.4. The maximum Gasteiger partial charge on any atom is 1.00 e. The smallest absolute Gasteiger partial charge is 0.917 e. The standard InChI is InChI=1S/C4H6BrFO2.C4H6FO2.3Na.2O3S/c1-2-8-4(7)3(5)6;1-2-7-4(6)3-5;;;;2*1-4(2)3/h3H,2H2,1H3;3H,2H2,1H3;;;;;/q;-1;3*+1;;-2. The van der Waals surface area contributed by atoms with Gasteiger partial charge in [-0.1, -0.05) is 0 Å². The van der Waals surface area contributed by atoms with Gasteiger partial charge in [0.25, 0.3) is 5.08 Å². The number of hydrogen-bond acceptors (Lipinski definition) is 11. The van der Waals surface area contributed by atoms with Gasteiger partial charge < -0.3 is 26.8 Å².